The Morgan fingerprint density at radius 1 is 0.750 bits per heavy atom. The number of nitrogens with zero attached hydrogens (tertiary/aromatic N) is 1. The van der Waals surface area contributed by atoms with Crippen molar-refractivity contribution in [1.29, 1.82) is 0 Å². The molecule has 1 heteroatoms. The van der Waals surface area contributed by atoms with E-state index in [0.717, 1.165) is 0 Å². The third-order valence-electron chi connectivity index (χ3n) is 3.59. The van der Waals surface area contributed by atoms with Gasteiger partial charge in [0.15, 0.2) is 11.7 Å². The normalized spacial score (nSPS) is 12.5. The van der Waals surface area contributed by atoms with Crippen molar-refractivity contribution in [1.82, 2.24) is 0 Å². The van der Waals surface area contributed by atoms with Gasteiger partial charge in [-0.2, -0.15) is 4.57 Å². The van der Waals surface area contributed by atoms with E-state index in [4.69, 9.17) is 0 Å². The Labute approximate surface area is 123 Å². The van der Waals surface area contributed by atoms with Gasteiger partial charge < -0.3 is 0 Å². The fourth-order valence-electron chi connectivity index (χ4n) is 2.61. The molecule has 0 aliphatic heterocycles. The van der Waals surface area contributed by atoms with Crippen molar-refractivity contribution >= 4 is 0 Å². The first-order chi connectivity index (χ1) is 9.21. The fraction of sp³-hybridized carbons (Fsp3) is 0.421. The molecule has 2 aromatic rings. The lowest BCUT2D eigenvalue weighted by Gasteiger charge is -2.24. The standard InChI is InChI=1S/C19H26N/c1-18(2,3)16-12-8-7-11-15(16)17-13-9-10-14-20(17)19(4,5)6/h7-14H,1-6H3/q+1. The van der Waals surface area contributed by atoms with Crippen LogP contribution in [0.3, 0.4) is 0 Å². The van der Waals surface area contributed by atoms with E-state index >= 15 is 0 Å². The van der Waals surface area contributed by atoms with Gasteiger partial charge in [-0.1, -0.05) is 39.0 Å². The van der Waals surface area contributed by atoms with Crippen LogP contribution in [0.1, 0.15) is 47.1 Å². The molecular weight excluding hydrogens is 242 g/mol. The van der Waals surface area contributed by atoms with Gasteiger partial charge in [-0.3, -0.25) is 0 Å². The molecule has 1 aromatic carbocycles. The second kappa shape index (κ2) is 5.05. The molecule has 0 aliphatic rings. The molecule has 0 aliphatic carbocycles. The SMILES string of the molecule is CC(C)(C)c1ccccc1-c1cccc[n+]1C(C)(C)C. The smallest absolute Gasteiger partial charge is 0.194 e. The first-order valence-corrected chi connectivity index (χ1v) is 7.32. The molecule has 0 unspecified atom stereocenters. The average Bonchev–Trinajstić information content (AvgIpc) is 2.37. The van der Waals surface area contributed by atoms with E-state index in [1.807, 2.05) is 0 Å². The van der Waals surface area contributed by atoms with Crippen LogP contribution in [0.4, 0.5) is 0 Å². The molecule has 0 N–H and O–H groups in total. The van der Waals surface area contributed by atoms with Crippen LogP contribution in [0.5, 0.6) is 0 Å². The summed E-state index contributed by atoms with van der Waals surface area (Å²) in [6.45, 7) is 13.6. The van der Waals surface area contributed by atoms with Crippen LogP contribution in [0, 0.1) is 0 Å². The van der Waals surface area contributed by atoms with Crippen molar-refractivity contribution in [3.05, 3.63) is 54.2 Å². The van der Waals surface area contributed by atoms with Gasteiger partial charge in [0.2, 0.25) is 5.69 Å². The number of hydrogen-bond donors (Lipinski definition) is 0. The van der Waals surface area contributed by atoms with Gasteiger partial charge in [-0.25, -0.2) is 0 Å². The summed E-state index contributed by atoms with van der Waals surface area (Å²) in [5, 5.41) is 0. The predicted molar refractivity (Wildman–Crippen MR) is 85.8 cm³/mol. The highest BCUT2D eigenvalue weighted by molar-refractivity contribution is 5.62. The van der Waals surface area contributed by atoms with Gasteiger partial charge in [0, 0.05) is 38.5 Å². The molecule has 0 amide bonds. The lowest BCUT2D eigenvalue weighted by atomic mass is 9.82. The van der Waals surface area contributed by atoms with Gasteiger partial charge in [-0.15, -0.1) is 0 Å². The van der Waals surface area contributed by atoms with Crippen LogP contribution >= 0.6 is 0 Å². The Balaban J connectivity index is 2.71. The second-order valence-corrected chi connectivity index (χ2v) is 7.42. The van der Waals surface area contributed by atoms with Gasteiger partial charge in [0.1, 0.15) is 0 Å². The Hall–Kier alpha value is -1.63. The summed E-state index contributed by atoms with van der Waals surface area (Å²) in [4.78, 5) is 0. The highest BCUT2D eigenvalue weighted by atomic mass is 15.0. The number of aromatic nitrogens is 1. The summed E-state index contributed by atoms with van der Waals surface area (Å²) in [6, 6.07) is 15.2. The monoisotopic (exact) mass is 268 g/mol. The fourth-order valence-corrected chi connectivity index (χ4v) is 2.61. The summed E-state index contributed by atoms with van der Waals surface area (Å²) in [6.07, 6.45) is 2.18. The highest BCUT2D eigenvalue weighted by Gasteiger charge is 2.28. The summed E-state index contributed by atoms with van der Waals surface area (Å²) in [5.74, 6) is 0. The Kier molecular flexibility index (Phi) is 3.73. The minimum Gasteiger partial charge on any atom is -0.194 e. The Morgan fingerprint density at radius 2 is 1.35 bits per heavy atom. The van der Waals surface area contributed by atoms with Crippen LogP contribution in [0.2, 0.25) is 0 Å². The summed E-state index contributed by atoms with van der Waals surface area (Å²) in [5.41, 5.74) is 4.22. The van der Waals surface area contributed by atoms with Gasteiger partial charge in [0.25, 0.3) is 0 Å². The van der Waals surface area contributed by atoms with E-state index in [-0.39, 0.29) is 11.0 Å². The van der Waals surface area contributed by atoms with E-state index in [0.29, 0.717) is 0 Å². The summed E-state index contributed by atoms with van der Waals surface area (Å²) in [7, 11) is 0. The number of benzene rings is 1. The second-order valence-electron chi connectivity index (χ2n) is 7.42. The maximum Gasteiger partial charge on any atom is 0.213 e. The highest BCUT2D eigenvalue weighted by Crippen LogP contribution is 2.31. The molecule has 0 atom stereocenters. The average molecular weight is 268 g/mol. The number of pyridine rings is 1. The molecule has 2 rings (SSSR count). The van der Waals surface area contributed by atoms with Crippen LogP contribution in [0.25, 0.3) is 11.3 Å². The topological polar surface area (TPSA) is 3.88 Å². The zero-order valence-electron chi connectivity index (χ0n) is 13.6. The third-order valence-corrected chi connectivity index (χ3v) is 3.59. The van der Waals surface area contributed by atoms with Crippen molar-refractivity contribution in [3.63, 3.8) is 0 Å². The summed E-state index contributed by atoms with van der Waals surface area (Å²) >= 11 is 0. The minimum absolute atomic E-state index is 0.0710. The van der Waals surface area contributed by atoms with Crippen LogP contribution in [-0.4, -0.2) is 0 Å². The number of rotatable bonds is 1. The van der Waals surface area contributed by atoms with Crippen LogP contribution < -0.4 is 4.57 Å². The first-order valence-electron chi connectivity index (χ1n) is 7.32. The maximum absolute atomic E-state index is 2.36. The van der Waals surface area contributed by atoms with Gasteiger partial charge in [-0.05, 0) is 23.1 Å². The number of hydrogen-bond acceptors (Lipinski definition) is 0. The summed E-state index contributed by atoms with van der Waals surface area (Å²) < 4.78 is 2.36. The van der Waals surface area contributed by atoms with E-state index in [1.165, 1.54) is 16.8 Å². The molecule has 0 fully saturated rings. The molecule has 1 aromatic heterocycles. The molecule has 0 saturated carbocycles. The molecule has 1 heterocycles. The van der Waals surface area contributed by atoms with Crippen LogP contribution in [0.15, 0.2) is 48.7 Å². The van der Waals surface area contributed by atoms with E-state index in [1.54, 1.807) is 0 Å². The predicted octanol–water partition coefficient (Wildman–Crippen LogP) is 4.69. The van der Waals surface area contributed by atoms with Crippen molar-refractivity contribution in [3.8, 4) is 11.3 Å². The molecule has 0 spiro atoms. The molecule has 20 heavy (non-hydrogen) atoms. The molecule has 0 saturated heterocycles. The lowest BCUT2D eigenvalue weighted by Crippen LogP contribution is -2.51. The van der Waals surface area contributed by atoms with Crippen LogP contribution in [-0.2, 0) is 11.0 Å². The lowest BCUT2D eigenvalue weighted by molar-refractivity contribution is -0.744. The zero-order valence-corrected chi connectivity index (χ0v) is 13.6. The maximum atomic E-state index is 2.36. The first kappa shape index (κ1) is 14.8. The molecule has 106 valence electrons. The minimum atomic E-state index is 0.0710. The zero-order chi connectivity index (χ0) is 15.0. The van der Waals surface area contributed by atoms with Crippen molar-refractivity contribution in [2.24, 2.45) is 0 Å². The molecule has 0 bridgehead atoms. The Morgan fingerprint density at radius 3 is 1.95 bits per heavy atom. The van der Waals surface area contributed by atoms with Crippen molar-refractivity contribution < 1.29 is 4.57 Å². The molecule has 0 radical (unpaired) electrons. The van der Waals surface area contributed by atoms with Crippen molar-refractivity contribution in [2.45, 2.75) is 52.5 Å². The van der Waals surface area contributed by atoms with E-state index in [9.17, 15) is 0 Å². The van der Waals surface area contributed by atoms with Crippen molar-refractivity contribution in [2.75, 3.05) is 0 Å². The molecular formula is C19H26N+. The van der Waals surface area contributed by atoms with Gasteiger partial charge in [0.05, 0.1) is 0 Å². The Bertz CT molecular complexity index is 542. The van der Waals surface area contributed by atoms with E-state index in [2.05, 4.69) is 94.8 Å². The molecule has 1 nitrogen and oxygen atoms in total. The largest absolute Gasteiger partial charge is 0.213 e. The van der Waals surface area contributed by atoms with E-state index < -0.39 is 0 Å². The van der Waals surface area contributed by atoms with Gasteiger partial charge >= 0.3 is 0 Å². The quantitative estimate of drug-likeness (QED) is 0.660. The third kappa shape index (κ3) is 2.92.